The van der Waals surface area contributed by atoms with Gasteiger partial charge < -0.3 is 15.0 Å². The van der Waals surface area contributed by atoms with Crippen LogP contribution in [0, 0.1) is 11.8 Å². The number of hydrogen-bond acceptors (Lipinski definition) is 4. The van der Waals surface area contributed by atoms with E-state index in [0.29, 0.717) is 11.8 Å². The number of thiophene rings is 1. The summed E-state index contributed by atoms with van der Waals surface area (Å²) in [6.45, 7) is 8.48. The number of rotatable bonds is 6. The van der Waals surface area contributed by atoms with Crippen LogP contribution >= 0.6 is 22.9 Å². The number of anilines is 1. The van der Waals surface area contributed by atoms with Crippen molar-refractivity contribution in [3.63, 3.8) is 0 Å². The molecule has 0 spiro atoms. The first-order valence-electron chi connectivity index (χ1n) is 8.85. The van der Waals surface area contributed by atoms with Crippen molar-refractivity contribution in [2.24, 2.45) is 11.8 Å². The molecule has 5 rings (SSSR count). The predicted molar refractivity (Wildman–Crippen MR) is 106 cm³/mol. The van der Waals surface area contributed by atoms with E-state index in [0.717, 1.165) is 39.5 Å². The van der Waals surface area contributed by atoms with Crippen LogP contribution in [0.15, 0.2) is 48.9 Å². The summed E-state index contributed by atoms with van der Waals surface area (Å²) in [7, 11) is 0. The molecule has 1 aromatic heterocycles. The molecule has 132 valence electrons. The van der Waals surface area contributed by atoms with Gasteiger partial charge in [-0.05, 0) is 50.1 Å². The monoisotopic (exact) mass is 374 g/mol. The molecule has 3 fully saturated rings. The summed E-state index contributed by atoms with van der Waals surface area (Å²) in [5, 5.41) is 3.31. The average Bonchev–Trinajstić information content (AvgIpc) is 3.02. The molecular weight excluding hydrogens is 352 g/mol. The highest BCUT2D eigenvalue weighted by Gasteiger charge is 2.34. The van der Waals surface area contributed by atoms with E-state index in [-0.39, 0.29) is 0 Å². The highest BCUT2D eigenvalue weighted by atomic mass is 35.5. The van der Waals surface area contributed by atoms with E-state index >= 15 is 0 Å². The van der Waals surface area contributed by atoms with Gasteiger partial charge in [-0.25, -0.2) is 0 Å². The average molecular weight is 375 g/mol. The van der Waals surface area contributed by atoms with E-state index < -0.39 is 0 Å². The highest BCUT2D eigenvalue weighted by Crippen LogP contribution is 2.40. The van der Waals surface area contributed by atoms with Gasteiger partial charge in [-0.1, -0.05) is 41.9 Å². The molecule has 0 radical (unpaired) electrons. The number of ether oxygens (including phenoxy) is 1. The van der Waals surface area contributed by atoms with Crippen LogP contribution in [-0.4, -0.2) is 31.1 Å². The van der Waals surface area contributed by atoms with Gasteiger partial charge in [0.2, 0.25) is 0 Å². The number of piperidine rings is 3. The van der Waals surface area contributed by atoms with Crippen LogP contribution in [0.3, 0.4) is 0 Å². The Morgan fingerprint density at radius 3 is 2.72 bits per heavy atom. The molecule has 1 unspecified atom stereocenters. The molecule has 4 heterocycles. The Morgan fingerprint density at radius 1 is 1.28 bits per heavy atom. The molecule has 1 aromatic carbocycles. The van der Waals surface area contributed by atoms with Crippen LogP contribution in [0.2, 0.25) is 4.34 Å². The number of nitrogens with one attached hydrogen (secondary N) is 1. The molecule has 2 aromatic rings. The Bertz CT molecular complexity index is 737. The quantitative estimate of drug-likeness (QED) is 0.693. The molecule has 0 amide bonds. The lowest BCUT2D eigenvalue weighted by molar-refractivity contribution is 0.0111. The van der Waals surface area contributed by atoms with E-state index in [1.165, 1.54) is 25.9 Å². The molecular formula is C20H23ClN2OS. The van der Waals surface area contributed by atoms with Crippen LogP contribution < -0.4 is 5.32 Å². The molecule has 0 aliphatic carbocycles. The molecule has 2 bridgehead atoms. The molecule has 3 nitrogen and oxygen atoms in total. The highest BCUT2D eigenvalue weighted by molar-refractivity contribution is 7.20. The fourth-order valence-corrected chi connectivity index (χ4v) is 5.11. The maximum absolute atomic E-state index is 6.24. The van der Waals surface area contributed by atoms with Crippen molar-refractivity contribution < 1.29 is 4.74 Å². The first-order valence-corrected chi connectivity index (χ1v) is 10.0. The summed E-state index contributed by atoms with van der Waals surface area (Å²) < 4.78 is 6.72. The number of fused-ring (bicyclic) bond motifs is 3. The van der Waals surface area contributed by atoms with Crippen molar-refractivity contribution in [2.75, 3.05) is 31.6 Å². The number of hydrogen-bond donors (Lipinski definition) is 1. The maximum Gasteiger partial charge on any atom is 0.183 e. The standard InChI is InChI=1S/C20H23ClN2OS/c1-14(24-13-17-12-23-9-7-15(17)8-10-23)22-18-11-19(21)25-20(18)16-5-3-2-4-6-16/h2-6,11,15,17,22H,1,7-10,12-13H2. The Hall–Kier alpha value is -1.49. The lowest BCUT2D eigenvalue weighted by Gasteiger charge is -2.44. The van der Waals surface area contributed by atoms with Crippen LogP contribution in [-0.2, 0) is 4.74 Å². The molecule has 1 atom stereocenters. The van der Waals surface area contributed by atoms with Crippen LogP contribution in [0.5, 0.6) is 0 Å². The van der Waals surface area contributed by atoms with Crippen LogP contribution in [0.4, 0.5) is 5.69 Å². The minimum Gasteiger partial charge on any atom is -0.479 e. The molecule has 0 saturated carbocycles. The fraction of sp³-hybridized carbons (Fsp3) is 0.400. The molecule has 3 aliphatic heterocycles. The van der Waals surface area contributed by atoms with Crippen LogP contribution in [0.1, 0.15) is 12.8 Å². The van der Waals surface area contributed by atoms with Crippen molar-refractivity contribution in [3.05, 3.63) is 53.2 Å². The molecule has 3 saturated heterocycles. The third-order valence-electron chi connectivity index (χ3n) is 5.28. The van der Waals surface area contributed by atoms with Crippen molar-refractivity contribution in [2.45, 2.75) is 12.8 Å². The largest absolute Gasteiger partial charge is 0.479 e. The smallest absolute Gasteiger partial charge is 0.183 e. The second-order valence-electron chi connectivity index (χ2n) is 6.92. The first kappa shape index (κ1) is 17.0. The second kappa shape index (κ2) is 7.40. The van der Waals surface area contributed by atoms with Gasteiger partial charge in [-0.3, -0.25) is 0 Å². The normalized spacial score (nSPS) is 24.9. The van der Waals surface area contributed by atoms with Crippen molar-refractivity contribution in [1.29, 1.82) is 0 Å². The number of halogens is 1. The van der Waals surface area contributed by atoms with Gasteiger partial charge in [0.15, 0.2) is 5.88 Å². The first-order chi connectivity index (χ1) is 12.2. The lowest BCUT2D eigenvalue weighted by atomic mass is 9.79. The maximum atomic E-state index is 6.24. The molecule has 25 heavy (non-hydrogen) atoms. The second-order valence-corrected chi connectivity index (χ2v) is 8.60. The number of nitrogens with zero attached hydrogens (tertiary/aromatic N) is 1. The van der Waals surface area contributed by atoms with Gasteiger partial charge in [0.05, 0.1) is 21.5 Å². The summed E-state index contributed by atoms with van der Waals surface area (Å²) in [5.74, 6) is 2.04. The fourth-order valence-electron chi connectivity index (χ4n) is 3.93. The van der Waals surface area contributed by atoms with Gasteiger partial charge in [-0.15, -0.1) is 11.3 Å². The molecule has 3 aliphatic rings. The predicted octanol–water partition coefficient (Wildman–Crippen LogP) is 5.31. The van der Waals surface area contributed by atoms with Crippen LogP contribution in [0.25, 0.3) is 10.4 Å². The van der Waals surface area contributed by atoms with E-state index in [4.69, 9.17) is 16.3 Å². The van der Waals surface area contributed by atoms with Crippen molar-refractivity contribution in [3.8, 4) is 10.4 Å². The minimum atomic E-state index is 0.600. The number of benzene rings is 1. The van der Waals surface area contributed by atoms with E-state index in [1.54, 1.807) is 11.3 Å². The minimum absolute atomic E-state index is 0.600. The van der Waals surface area contributed by atoms with E-state index in [9.17, 15) is 0 Å². The Labute approximate surface area is 158 Å². The zero-order chi connectivity index (χ0) is 17.2. The summed E-state index contributed by atoms with van der Waals surface area (Å²) in [6.07, 6.45) is 2.62. The topological polar surface area (TPSA) is 24.5 Å². The Kier molecular flexibility index (Phi) is 5.02. The van der Waals surface area contributed by atoms with Gasteiger partial charge in [0.25, 0.3) is 0 Å². The van der Waals surface area contributed by atoms with E-state index in [1.807, 2.05) is 24.3 Å². The third kappa shape index (κ3) is 3.86. The summed E-state index contributed by atoms with van der Waals surface area (Å²) in [4.78, 5) is 3.66. The van der Waals surface area contributed by atoms with Gasteiger partial charge >= 0.3 is 0 Å². The van der Waals surface area contributed by atoms with E-state index in [2.05, 4.69) is 28.9 Å². The summed E-state index contributed by atoms with van der Waals surface area (Å²) in [6, 6.07) is 12.2. The van der Waals surface area contributed by atoms with Gasteiger partial charge in [0.1, 0.15) is 0 Å². The summed E-state index contributed by atoms with van der Waals surface area (Å²) in [5.41, 5.74) is 2.10. The zero-order valence-electron chi connectivity index (χ0n) is 14.2. The zero-order valence-corrected chi connectivity index (χ0v) is 15.8. The van der Waals surface area contributed by atoms with Crippen molar-refractivity contribution in [1.82, 2.24) is 4.90 Å². The Balaban J connectivity index is 1.38. The van der Waals surface area contributed by atoms with Gasteiger partial charge in [-0.2, -0.15) is 0 Å². The molecule has 5 heteroatoms. The van der Waals surface area contributed by atoms with Gasteiger partial charge in [0, 0.05) is 12.5 Å². The SMILES string of the molecule is C=C(Nc1cc(Cl)sc1-c1ccccc1)OCC1CN2CCC1CC2. The molecule has 1 N–H and O–H groups in total. The lowest BCUT2D eigenvalue weighted by Crippen LogP contribution is -2.48. The third-order valence-corrected chi connectivity index (χ3v) is 6.59. The van der Waals surface area contributed by atoms with Crippen molar-refractivity contribution >= 4 is 28.6 Å². The Morgan fingerprint density at radius 2 is 2.04 bits per heavy atom. The summed E-state index contributed by atoms with van der Waals surface area (Å²) >= 11 is 7.81.